The highest BCUT2D eigenvalue weighted by Gasteiger charge is 2.24. The number of methoxy groups -OCH3 is 2. The van der Waals surface area contributed by atoms with Gasteiger partial charge in [0.15, 0.2) is 17.3 Å². The van der Waals surface area contributed by atoms with Crippen molar-refractivity contribution in [2.75, 3.05) is 14.2 Å². The quantitative estimate of drug-likeness (QED) is 0.672. The number of benzene rings is 2. The van der Waals surface area contributed by atoms with E-state index in [4.69, 9.17) is 9.47 Å². The molecule has 0 aliphatic heterocycles. The molecule has 3 aromatic rings. The van der Waals surface area contributed by atoms with Crippen LogP contribution < -0.4 is 9.47 Å². The van der Waals surface area contributed by atoms with Gasteiger partial charge < -0.3 is 9.47 Å². The number of fused-ring (bicyclic) bond motifs is 1. The predicted octanol–water partition coefficient (Wildman–Crippen LogP) is 4.78. The molecule has 0 saturated carbocycles. The topological polar surface area (TPSA) is 48.4 Å². The van der Waals surface area contributed by atoms with Gasteiger partial charge in [-0.25, -0.2) is 0 Å². The molecule has 27 heavy (non-hydrogen) atoms. The van der Waals surface area contributed by atoms with E-state index in [-0.39, 0.29) is 11.7 Å². The van der Waals surface area contributed by atoms with Gasteiger partial charge in [-0.1, -0.05) is 18.2 Å². The van der Waals surface area contributed by atoms with E-state index >= 15 is 0 Å². The normalized spacial score (nSPS) is 16.9. The molecule has 1 aliphatic rings. The molecule has 1 heterocycles. The fourth-order valence-corrected chi connectivity index (χ4v) is 3.71. The van der Waals surface area contributed by atoms with Crippen molar-refractivity contribution < 1.29 is 14.3 Å². The van der Waals surface area contributed by atoms with Crippen molar-refractivity contribution in [1.29, 1.82) is 0 Å². The Balaban J connectivity index is 1.67. The summed E-state index contributed by atoms with van der Waals surface area (Å²) in [5, 5.41) is 1.08. The zero-order valence-corrected chi connectivity index (χ0v) is 15.4. The number of nitrogens with zero attached hydrogens (tertiary/aromatic N) is 1. The second-order valence-electron chi connectivity index (χ2n) is 6.77. The maximum atomic E-state index is 12.4. The first-order chi connectivity index (χ1) is 13.2. The number of carbonyl (C=O) groups excluding carboxylic acids is 1. The molecule has 1 atom stereocenters. The smallest absolute Gasteiger partial charge is 0.160 e. The Morgan fingerprint density at radius 2 is 1.81 bits per heavy atom. The maximum absolute atomic E-state index is 12.4. The van der Waals surface area contributed by atoms with E-state index in [1.807, 2.05) is 42.5 Å². The number of aromatic nitrogens is 1. The number of hydrogen-bond donors (Lipinski definition) is 0. The lowest BCUT2D eigenvalue weighted by molar-refractivity contribution is -0.115. The van der Waals surface area contributed by atoms with Crippen molar-refractivity contribution in [1.82, 2.24) is 4.98 Å². The van der Waals surface area contributed by atoms with Gasteiger partial charge in [-0.3, -0.25) is 9.78 Å². The minimum absolute atomic E-state index is 0.127. The molecule has 4 nitrogen and oxygen atoms in total. The highest BCUT2D eigenvalue weighted by atomic mass is 16.5. The average molecular weight is 359 g/mol. The third-order valence-electron chi connectivity index (χ3n) is 5.10. The first-order valence-electron chi connectivity index (χ1n) is 8.98. The minimum Gasteiger partial charge on any atom is -0.493 e. The molecule has 2 aromatic carbocycles. The number of hydrogen-bond acceptors (Lipinski definition) is 4. The van der Waals surface area contributed by atoms with Crippen LogP contribution in [0.3, 0.4) is 0 Å². The Bertz CT molecular complexity index is 1040. The lowest BCUT2D eigenvalue weighted by Gasteiger charge is -2.23. The fourth-order valence-electron chi connectivity index (χ4n) is 3.71. The van der Waals surface area contributed by atoms with Gasteiger partial charge in [0.25, 0.3) is 0 Å². The number of ether oxygens (including phenoxy) is 2. The van der Waals surface area contributed by atoms with E-state index in [1.165, 1.54) is 0 Å². The van der Waals surface area contributed by atoms with Gasteiger partial charge in [0.05, 0.1) is 19.7 Å². The first kappa shape index (κ1) is 17.3. The molecule has 0 radical (unpaired) electrons. The van der Waals surface area contributed by atoms with E-state index in [0.29, 0.717) is 17.9 Å². The summed E-state index contributed by atoms with van der Waals surface area (Å²) in [4.78, 5) is 16.8. The number of pyridine rings is 1. The second kappa shape index (κ2) is 7.23. The van der Waals surface area contributed by atoms with Gasteiger partial charge in [0, 0.05) is 18.0 Å². The van der Waals surface area contributed by atoms with E-state index in [9.17, 15) is 4.79 Å². The number of ketones is 1. The summed E-state index contributed by atoms with van der Waals surface area (Å²) in [5.74, 6) is 1.67. The van der Waals surface area contributed by atoms with Crippen molar-refractivity contribution in [3.05, 3.63) is 71.9 Å². The van der Waals surface area contributed by atoms with Crippen molar-refractivity contribution in [3.63, 3.8) is 0 Å². The molecule has 1 aromatic heterocycles. The number of carbonyl (C=O) groups is 1. The van der Waals surface area contributed by atoms with Gasteiger partial charge in [-0.2, -0.15) is 0 Å². The van der Waals surface area contributed by atoms with Crippen LogP contribution in [-0.4, -0.2) is 25.0 Å². The van der Waals surface area contributed by atoms with Crippen LogP contribution >= 0.6 is 0 Å². The maximum Gasteiger partial charge on any atom is 0.160 e. The van der Waals surface area contributed by atoms with Crippen LogP contribution in [0.4, 0.5) is 0 Å². The Hall–Kier alpha value is -3.14. The van der Waals surface area contributed by atoms with Crippen LogP contribution in [0.2, 0.25) is 0 Å². The van der Waals surface area contributed by atoms with Crippen LogP contribution in [0.15, 0.2) is 60.8 Å². The molecule has 0 bridgehead atoms. The Kier molecular flexibility index (Phi) is 4.63. The molecule has 136 valence electrons. The first-order valence-corrected chi connectivity index (χ1v) is 8.98. The third-order valence-corrected chi connectivity index (χ3v) is 5.10. The predicted molar refractivity (Wildman–Crippen MR) is 106 cm³/mol. The summed E-state index contributed by atoms with van der Waals surface area (Å²) >= 11 is 0. The summed E-state index contributed by atoms with van der Waals surface area (Å²) in [6, 6.07) is 16.0. The highest BCUT2D eigenvalue weighted by molar-refractivity contribution is 6.00. The van der Waals surface area contributed by atoms with Crippen LogP contribution in [0.5, 0.6) is 11.5 Å². The minimum atomic E-state index is 0.127. The largest absolute Gasteiger partial charge is 0.493 e. The highest BCUT2D eigenvalue weighted by Crippen LogP contribution is 2.39. The third kappa shape index (κ3) is 3.43. The lowest BCUT2D eigenvalue weighted by atomic mass is 9.81. The van der Waals surface area contributed by atoms with Crippen molar-refractivity contribution in [2.45, 2.75) is 18.8 Å². The Morgan fingerprint density at radius 1 is 0.963 bits per heavy atom. The monoisotopic (exact) mass is 359 g/mol. The summed E-state index contributed by atoms with van der Waals surface area (Å²) in [6.45, 7) is 0. The summed E-state index contributed by atoms with van der Waals surface area (Å²) in [6.07, 6.45) is 4.90. The summed E-state index contributed by atoms with van der Waals surface area (Å²) in [7, 11) is 3.25. The van der Waals surface area contributed by atoms with Crippen LogP contribution in [0.25, 0.3) is 16.5 Å². The molecule has 0 spiro atoms. The van der Waals surface area contributed by atoms with Crippen LogP contribution in [0.1, 0.15) is 29.9 Å². The fraction of sp³-hybridized carbons (Fsp3) is 0.217. The molecular weight excluding hydrogens is 338 g/mol. The van der Waals surface area contributed by atoms with E-state index in [1.54, 1.807) is 26.5 Å². The van der Waals surface area contributed by atoms with Crippen molar-refractivity contribution in [3.8, 4) is 11.5 Å². The molecule has 0 saturated heterocycles. The van der Waals surface area contributed by atoms with Crippen LogP contribution in [-0.2, 0) is 4.79 Å². The van der Waals surface area contributed by atoms with E-state index in [2.05, 4.69) is 11.1 Å². The molecule has 4 heteroatoms. The lowest BCUT2D eigenvalue weighted by Crippen LogP contribution is -2.12. The van der Waals surface area contributed by atoms with Crippen LogP contribution in [0, 0.1) is 0 Å². The molecular formula is C23H21NO3. The van der Waals surface area contributed by atoms with Gasteiger partial charge in [-0.15, -0.1) is 0 Å². The number of rotatable bonds is 4. The van der Waals surface area contributed by atoms with Gasteiger partial charge in [0.2, 0.25) is 0 Å². The van der Waals surface area contributed by atoms with Crippen molar-refractivity contribution in [2.24, 2.45) is 0 Å². The zero-order valence-electron chi connectivity index (χ0n) is 15.4. The van der Waals surface area contributed by atoms with Gasteiger partial charge >= 0.3 is 0 Å². The van der Waals surface area contributed by atoms with E-state index in [0.717, 1.165) is 34.0 Å². The molecule has 1 aliphatic carbocycles. The number of allylic oxidation sites excluding steroid dienone is 2. The summed E-state index contributed by atoms with van der Waals surface area (Å²) < 4.78 is 10.7. The molecule has 0 amide bonds. The summed E-state index contributed by atoms with van der Waals surface area (Å²) in [5.41, 5.74) is 4.19. The molecule has 0 fully saturated rings. The Morgan fingerprint density at radius 3 is 2.63 bits per heavy atom. The van der Waals surface area contributed by atoms with Gasteiger partial charge in [0.1, 0.15) is 0 Å². The second-order valence-corrected chi connectivity index (χ2v) is 6.77. The zero-order chi connectivity index (χ0) is 18.8. The Labute approximate surface area is 158 Å². The SMILES string of the molecule is COc1ccc([C@H]2CC(=O)C=C(c3ccc4ncccc4c3)C2)cc1OC. The standard InChI is InChI=1S/C23H21NO3/c1-26-22-8-6-16(14-23(22)27-2)19-11-18(12-20(25)13-19)15-5-7-21-17(10-15)4-3-9-24-21/h3-10,12,14,19H,11,13H2,1-2H3/t19-/m1/s1. The van der Waals surface area contributed by atoms with Crippen molar-refractivity contribution >= 4 is 22.3 Å². The van der Waals surface area contributed by atoms with Gasteiger partial charge in [-0.05, 0) is 65.4 Å². The molecule has 0 unspecified atom stereocenters. The van der Waals surface area contributed by atoms with E-state index < -0.39 is 0 Å². The average Bonchev–Trinajstić information content (AvgIpc) is 2.72. The molecule has 4 rings (SSSR count). The molecule has 0 N–H and O–H groups in total.